The molecule has 3 N–H and O–H groups in total. The molecule has 2 aromatic carbocycles. The maximum Gasteiger partial charge on any atom is 0.265 e. The Kier molecular flexibility index (Phi) is 4.04. The average molecular weight is 310 g/mol. The summed E-state index contributed by atoms with van der Waals surface area (Å²) >= 11 is 0. The molecule has 0 saturated carbocycles. The van der Waals surface area contributed by atoms with E-state index in [1.807, 2.05) is 0 Å². The van der Waals surface area contributed by atoms with Gasteiger partial charge in [-0.3, -0.25) is 4.72 Å². The molecular weight excluding hydrogens is 295 g/mol. The molecule has 0 aliphatic heterocycles. The third kappa shape index (κ3) is 3.08. The lowest BCUT2D eigenvalue weighted by molar-refractivity contribution is 0.402. The predicted molar refractivity (Wildman–Crippen MR) is 79.4 cm³/mol. The summed E-state index contributed by atoms with van der Waals surface area (Å²) in [5, 5.41) is 0. The van der Waals surface area contributed by atoms with E-state index >= 15 is 0 Å². The van der Waals surface area contributed by atoms with Crippen molar-refractivity contribution in [3.05, 3.63) is 47.8 Å². The molecule has 0 fully saturated rings. The van der Waals surface area contributed by atoms with Crippen LogP contribution in [0.15, 0.2) is 41.3 Å². The number of sulfonamides is 1. The molecule has 2 rings (SSSR count). The maximum atomic E-state index is 13.6. The number of nitrogens with one attached hydrogen (secondary N) is 1. The third-order valence-corrected chi connectivity index (χ3v) is 4.35. The summed E-state index contributed by atoms with van der Waals surface area (Å²) in [5.74, 6) is -0.523. The highest BCUT2D eigenvalue weighted by molar-refractivity contribution is 7.92. The minimum atomic E-state index is -4.01. The van der Waals surface area contributed by atoms with Crippen LogP contribution in [-0.2, 0) is 10.0 Å². The van der Waals surface area contributed by atoms with Crippen molar-refractivity contribution in [2.24, 2.45) is 0 Å². The molecule has 0 atom stereocenters. The molecule has 112 valence electrons. The predicted octanol–water partition coefficient (Wildman–Crippen LogP) is 2.53. The lowest BCUT2D eigenvalue weighted by Gasteiger charge is -2.14. The highest BCUT2D eigenvalue weighted by atomic mass is 32.2. The molecule has 0 aliphatic rings. The van der Waals surface area contributed by atoms with Crippen molar-refractivity contribution in [2.75, 3.05) is 17.6 Å². The van der Waals surface area contributed by atoms with Crippen LogP contribution < -0.4 is 15.2 Å². The van der Waals surface area contributed by atoms with Crippen LogP contribution >= 0.6 is 0 Å². The molecule has 0 radical (unpaired) electrons. The first-order valence-corrected chi connectivity index (χ1v) is 7.55. The summed E-state index contributed by atoms with van der Waals surface area (Å²) < 4.78 is 45.6. The summed E-state index contributed by atoms with van der Waals surface area (Å²) in [6.45, 7) is 1.73. The van der Waals surface area contributed by atoms with Crippen LogP contribution in [0.3, 0.4) is 0 Å². The number of benzene rings is 2. The van der Waals surface area contributed by atoms with E-state index in [4.69, 9.17) is 10.5 Å². The first-order valence-electron chi connectivity index (χ1n) is 6.06. The van der Waals surface area contributed by atoms with Crippen LogP contribution in [-0.4, -0.2) is 15.5 Å². The number of halogens is 1. The van der Waals surface area contributed by atoms with E-state index in [1.165, 1.54) is 43.5 Å². The first kappa shape index (κ1) is 15.1. The van der Waals surface area contributed by atoms with Crippen molar-refractivity contribution >= 4 is 21.4 Å². The van der Waals surface area contributed by atoms with Gasteiger partial charge in [-0.1, -0.05) is 12.1 Å². The molecule has 0 spiro atoms. The van der Waals surface area contributed by atoms with Gasteiger partial charge in [0.1, 0.15) is 16.5 Å². The molecular formula is C14H15FN2O3S. The molecule has 21 heavy (non-hydrogen) atoms. The van der Waals surface area contributed by atoms with Crippen molar-refractivity contribution < 1.29 is 17.5 Å². The Balaban J connectivity index is 2.50. The van der Waals surface area contributed by atoms with Gasteiger partial charge in [0, 0.05) is 5.69 Å². The first-order chi connectivity index (χ1) is 9.85. The SMILES string of the molecule is COc1cc(C)c(N)cc1S(=O)(=O)Nc1ccccc1F. The number of methoxy groups -OCH3 is 1. The number of aryl methyl sites for hydroxylation is 1. The Hall–Kier alpha value is -2.28. The molecule has 2 aromatic rings. The fourth-order valence-corrected chi connectivity index (χ4v) is 3.04. The second kappa shape index (κ2) is 5.61. The third-order valence-electron chi connectivity index (χ3n) is 2.96. The smallest absolute Gasteiger partial charge is 0.265 e. The monoisotopic (exact) mass is 310 g/mol. The Labute approximate surface area is 122 Å². The van der Waals surface area contributed by atoms with Gasteiger partial charge in [0.05, 0.1) is 12.8 Å². The summed E-state index contributed by atoms with van der Waals surface area (Å²) in [4.78, 5) is -0.142. The number of nitrogen functional groups attached to an aromatic ring is 1. The van der Waals surface area contributed by atoms with Gasteiger partial charge in [-0.05, 0) is 36.8 Å². The summed E-state index contributed by atoms with van der Waals surface area (Å²) in [6, 6.07) is 8.30. The normalized spacial score (nSPS) is 11.2. The average Bonchev–Trinajstić information content (AvgIpc) is 2.43. The van der Waals surface area contributed by atoms with Gasteiger partial charge in [0.25, 0.3) is 10.0 Å². The van der Waals surface area contributed by atoms with Crippen molar-refractivity contribution in [3.63, 3.8) is 0 Å². The van der Waals surface area contributed by atoms with Crippen LogP contribution in [0.4, 0.5) is 15.8 Å². The Morgan fingerprint density at radius 3 is 2.52 bits per heavy atom. The van der Waals surface area contributed by atoms with Crippen LogP contribution in [0.25, 0.3) is 0 Å². The highest BCUT2D eigenvalue weighted by Gasteiger charge is 2.22. The second-order valence-corrected chi connectivity index (χ2v) is 6.10. The summed E-state index contributed by atoms with van der Waals surface area (Å²) in [7, 11) is -2.66. The van der Waals surface area contributed by atoms with Gasteiger partial charge in [-0.2, -0.15) is 0 Å². The summed E-state index contributed by atoms with van der Waals surface area (Å²) in [5.41, 5.74) is 6.60. The van der Waals surface area contributed by atoms with Gasteiger partial charge < -0.3 is 10.5 Å². The molecule has 0 aliphatic carbocycles. The van der Waals surface area contributed by atoms with E-state index in [0.717, 1.165) is 0 Å². The lowest BCUT2D eigenvalue weighted by atomic mass is 10.2. The summed E-state index contributed by atoms with van der Waals surface area (Å²) in [6.07, 6.45) is 0. The van der Waals surface area contributed by atoms with Crippen molar-refractivity contribution in [1.82, 2.24) is 0 Å². The van der Waals surface area contributed by atoms with E-state index < -0.39 is 15.8 Å². The largest absolute Gasteiger partial charge is 0.495 e. The van der Waals surface area contributed by atoms with Crippen molar-refractivity contribution in [1.29, 1.82) is 0 Å². The standard InChI is InChI=1S/C14H15FN2O3S/c1-9-7-13(20-2)14(8-11(9)16)21(18,19)17-12-6-4-3-5-10(12)15/h3-8,17H,16H2,1-2H3. The lowest BCUT2D eigenvalue weighted by Crippen LogP contribution is -2.15. The van der Waals surface area contributed by atoms with Crippen LogP contribution in [0.5, 0.6) is 5.75 Å². The topological polar surface area (TPSA) is 81.4 Å². The second-order valence-electron chi connectivity index (χ2n) is 4.45. The van der Waals surface area contributed by atoms with Gasteiger partial charge >= 0.3 is 0 Å². The Morgan fingerprint density at radius 1 is 1.24 bits per heavy atom. The fraction of sp³-hybridized carbons (Fsp3) is 0.143. The van der Waals surface area contributed by atoms with Crippen molar-refractivity contribution in [2.45, 2.75) is 11.8 Å². The number of para-hydroxylation sites is 1. The molecule has 0 unspecified atom stereocenters. The van der Waals surface area contributed by atoms with Gasteiger partial charge in [-0.15, -0.1) is 0 Å². The van der Waals surface area contributed by atoms with Crippen molar-refractivity contribution in [3.8, 4) is 5.75 Å². The Morgan fingerprint density at radius 2 is 1.90 bits per heavy atom. The number of anilines is 2. The molecule has 0 saturated heterocycles. The van der Waals surface area contributed by atoms with E-state index in [0.29, 0.717) is 11.3 Å². The van der Waals surface area contributed by atoms with Crippen LogP contribution in [0.1, 0.15) is 5.56 Å². The molecule has 0 heterocycles. The number of rotatable bonds is 4. The molecule has 0 aromatic heterocycles. The van der Waals surface area contributed by atoms with Crippen LogP contribution in [0.2, 0.25) is 0 Å². The quantitative estimate of drug-likeness (QED) is 0.850. The van der Waals surface area contributed by atoms with Gasteiger partial charge in [-0.25, -0.2) is 12.8 Å². The van der Waals surface area contributed by atoms with E-state index in [-0.39, 0.29) is 16.3 Å². The molecule has 0 amide bonds. The number of hydrogen-bond donors (Lipinski definition) is 2. The minimum absolute atomic E-state index is 0.140. The van der Waals surface area contributed by atoms with E-state index in [1.54, 1.807) is 6.92 Å². The highest BCUT2D eigenvalue weighted by Crippen LogP contribution is 2.30. The zero-order chi connectivity index (χ0) is 15.6. The number of ether oxygens (including phenoxy) is 1. The molecule has 0 bridgehead atoms. The fourth-order valence-electron chi connectivity index (χ4n) is 1.79. The van der Waals surface area contributed by atoms with Crippen LogP contribution in [0, 0.1) is 12.7 Å². The van der Waals surface area contributed by atoms with E-state index in [2.05, 4.69) is 4.72 Å². The molecule has 7 heteroatoms. The Bertz CT molecular complexity index is 776. The zero-order valence-corrected chi connectivity index (χ0v) is 12.4. The number of hydrogen-bond acceptors (Lipinski definition) is 4. The minimum Gasteiger partial charge on any atom is -0.495 e. The molecule has 5 nitrogen and oxygen atoms in total. The maximum absolute atomic E-state index is 13.6. The van der Waals surface area contributed by atoms with Gasteiger partial charge in [0.15, 0.2) is 0 Å². The van der Waals surface area contributed by atoms with E-state index in [9.17, 15) is 12.8 Å². The zero-order valence-electron chi connectivity index (χ0n) is 11.6. The number of nitrogens with two attached hydrogens (primary N) is 1. The van der Waals surface area contributed by atoms with Gasteiger partial charge in [0.2, 0.25) is 0 Å².